The van der Waals surface area contributed by atoms with Crippen LogP contribution in [0.15, 0.2) is 0 Å². The molecule has 2 aliphatic heterocycles. The predicted octanol–water partition coefficient (Wildman–Crippen LogP) is 0.243. The van der Waals surface area contributed by atoms with Crippen molar-refractivity contribution in [1.82, 2.24) is 20.5 Å². The summed E-state index contributed by atoms with van der Waals surface area (Å²) < 4.78 is 24.2. The Labute approximate surface area is 119 Å². The lowest BCUT2D eigenvalue weighted by Crippen LogP contribution is -2.49. The first kappa shape index (κ1) is 13.8. The fraction of sp³-hybridized carbons (Fsp3) is 0.833. The van der Waals surface area contributed by atoms with Gasteiger partial charge in [0.2, 0.25) is 5.95 Å². The molecule has 2 saturated heterocycles. The van der Waals surface area contributed by atoms with Gasteiger partial charge < -0.3 is 10.2 Å². The Morgan fingerprint density at radius 1 is 1.35 bits per heavy atom. The molecule has 2 aliphatic rings. The van der Waals surface area contributed by atoms with E-state index in [1.165, 1.54) is 0 Å². The Bertz CT molecular complexity index is 570. The Morgan fingerprint density at radius 2 is 2.20 bits per heavy atom. The summed E-state index contributed by atoms with van der Waals surface area (Å²) in [6.07, 6.45) is 2.34. The first-order valence-electron chi connectivity index (χ1n) is 7.18. The highest BCUT2D eigenvalue weighted by atomic mass is 32.2. The molecule has 7 nitrogen and oxygen atoms in total. The number of anilines is 1. The summed E-state index contributed by atoms with van der Waals surface area (Å²) in [4.78, 5) is 6.53. The number of aromatic amines is 1. The first-order valence-corrected chi connectivity index (χ1v) is 8.90. The average Bonchev–Trinajstić information content (AvgIpc) is 2.87. The van der Waals surface area contributed by atoms with Gasteiger partial charge in [-0.25, -0.2) is 8.42 Å². The maximum Gasteiger partial charge on any atom is 0.244 e. The smallest absolute Gasteiger partial charge is 0.244 e. The summed E-state index contributed by atoms with van der Waals surface area (Å²) in [5.41, 5.74) is 0. The number of H-pyrrole nitrogens is 1. The van der Waals surface area contributed by atoms with Crippen LogP contribution >= 0.6 is 0 Å². The van der Waals surface area contributed by atoms with Gasteiger partial charge in [-0.3, -0.25) is 5.10 Å². The van der Waals surface area contributed by atoms with Crippen molar-refractivity contribution in [2.45, 2.75) is 37.5 Å². The number of hydrogen-bond donors (Lipinski definition) is 2. The Kier molecular flexibility index (Phi) is 3.68. The van der Waals surface area contributed by atoms with E-state index >= 15 is 0 Å². The Hall–Kier alpha value is -1.15. The van der Waals surface area contributed by atoms with Crippen LogP contribution in [0.5, 0.6) is 0 Å². The highest BCUT2D eigenvalue weighted by Gasteiger charge is 2.33. The molecule has 2 unspecified atom stereocenters. The van der Waals surface area contributed by atoms with E-state index in [4.69, 9.17) is 0 Å². The van der Waals surface area contributed by atoms with Gasteiger partial charge in [0.05, 0.1) is 5.75 Å². The normalized spacial score (nSPS) is 30.4. The van der Waals surface area contributed by atoms with E-state index in [2.05, 4.69) is 32.3 Å². The summed E-state index contributed by atoms with van der Waals surface area (Å²) in [7, 11) is -3.07. The molecule has 1 aromatic heterocycles. The molecule has 8 heteroatoms. The zero-order valence-corrected chi connectivity index (χ0v) is 12.5. The molecule has 2 atom stereocenters. The van der Waals surface area contributed by atoms with Crippen molar-refractivity contribution < 1.29 is 8.42 Å². The molecule has 112 valence electrons. The molecule has 20 heavy (non-hydrogen) atoms. The number of rotatable bonds is 2. The van der Waals surface area contributed by atoms with Gasteiger partial charge in [0.1, 0.15) is 11.1 Å². The fourth-order valence-electron chi connectivity index (χ4n) is 2.93. The van der Waals surface area contributed by atoms with Crippen molar-refractivity contribution in [3.05, 3.63) is 5.82 Å². The lowest BCUT2D eigenvalue weighted by Gasteiger charge is -2.30. The van der Waals surface area contributed by atoms with Crippen LogP contribution in [0.4, 0.5) is 5.95 Å². The number of piperazine rings is 1. The van der Waals surface area contributed by atoms with Gasteiger partial charge in [-0.15, -0.1) is 5.10 Å². The number of hydrogen-bond acceptors (Lipinski definition) is 6. The van der Waals surface area contributed by atoms with Gasteiger partial charge >= 0.3 is 0 Å². The first-order chi connectivity index (χ1) is 9.56. The van der Waals surface area contributed by atoms with E-state index in [-0.39, 0.29) is 5.75 Å². The second kappa shape index (κ2) is 5.33. The number of sulfone groups is 1. The summed E-state index contributed by atoms with van der Waals surface area (Å²) >= 11 is 0. The van der Waals surface area contributed by atoms with Crippen LogP contribution in [-0.2, 0) is 9.84 Å². The lowest BCUT2D eigenvalue weighted by molar-refractivity contribution is 0.479. The minimum Gasteiger partial charge on any atom is -0.337 e. The highest BCUT2D eigenvalue weighted by Crippen LogP contribution is 2.31. The van der Waals surface area contributed by atoms with E-state index in [9.17, 15) is 8.42 Å². The monoisotopic (exact) mass is 299 g/mol. The molecule has 3 rings (SSSR count). The van der Waals surface area contributed by atoms with Crippen molar-refractivity contribution in [3.63, 3.8) is 0 Å². The second-order valence-electron chi connectivity index (χ2n) is 5.67. The molecule has 0 radical (unpaired) electrons. The predicted molar refractivity (Wildman–Crippen MR) is 76.4 cm³/mol. The van der Waals surface area contributed by atoms with Gasteiger partial charge in [-0.05, 0) is 19.8 Å². The topological polar surface area (TPSA) is 91.0 Å². The van der Waals surface area contributed by atoms with Gasteiger partial charge in [-0.1, -0.05) is 6.42 Å². The molecule has 0 spiro atoms. The van der Waals surface area contributed by atoms with Crippen LogP contribution in [0, 0.1) is 0 Å². The van der Waals surface area contributed by atoms with Crippen LogP contribution in [0.25, 0.3) is 0 Å². The maximum atomic E-state index is 12.1. The summed E-state index contributed by atoms with van der Waals surface area (Å²) in [6, 6.07) is 0.393. The molecular weight excluding hydrogens is 278 g/mol. The Balaban J connectivity index is 1.79. The van der Waals surface area contributed by atoms with Crippen LogP contribution in [0.1, 0.15) is 37.3 Å². The Morgan fingerprint density at radius 3 is 2.95 bits per heavy atom. The minimum absolute atomic E-state index is 0.262. The molecule has 1 aromatic rings. The van der Waals surface area contributed by atoms with Crippen molar-refractivity contribution in [2.24, 2.45) is 0 Å². The van der Waals surface area contributed by atoms with Crippen LogP contribution in [0.3, 0.4) is 0 Å². The number of aromatic nitrogens is 3. The molecule has 2 N–H and O–H groups in total. The standard InChI is InChI=1S/C12H21N5O2S/c1-9-8-17(6-5-13-9)12-14-11(15-16-12)10-4-2-3-7-20(10,18)19/h9-10,13H,2-8H2,1H3,(H,14,15,16). The number of nitrogens with zero attached hydrogens (tertiary/aromatic N) is 3. The highest BCUT2D eigenvalue weighted by molar-refractivity contribution is 7.91. The minimum atomic E-state index is -3.07. The van der Waals surface area contributed by atoms with E-state index in [0.717, 1.165) is 32.5 Å². The second-order valence-corrected chi connectivity index (χ2v) is 7.98. The molecule has 0 aromatic carbocycles. The lowest BCUT2D eigenvalue weighted by atomic mass is 10.2. The number of nitrogens with one attached hydrogen (secondary N) is 2. The van der Waals surface area contributed by atoms with Crippen LogP contribution in [0.2, 0.25) is 0 Å². The van der Waals surface area contributed by atoms with Crippen molar-refractivity contribution >= 4 is 15.8 Å². The average molecular weight is 299 g/mol. The van der Waals surface area contributed by atoms with E-state index < -0.39 is 15.1 Å². The van der Waals surface area contributed by atoms with Gasteiger partial charge in [0.25, 0.3) is 0 Å². The van der Waals surface area contributed by atoms with Gasteiger partial charge in [0.15, 0.2) is 9.84 Å². The van der Waals surface area contributed by atoms with Crippen molar-refractivity contribution in [1.29, 1.82) is 0 Å². The third-order valence-electron chi connectivity index (χ3n) is 4.03. The largest absolute Gasteiger partial charge is 0.337 e. The van der Waals surface area contributed by atoms with E-state index in [1.807, 2.05) is 0 Å². The summed E-state index contributed by atoms with van der Waals surface area (Å²) in [5, 5.41) is 9.91. The molecule has 0 saturated carbocycles. The van der Waals surface area contributed by atoms with Crippen LogP contribution in [-0.4, -0.2) is 55.0 Å². The third-order valence-corrected chi connectivity index (χ3v) is 6.21. The van der Waals surface area contributed by atoms with Gasteiger partial charge in [-0.2, -0.15) is 4.98 Å². The third kappa shape index (κ3) is 2.67. The summed E-state index contributed by atoms with van der Waals surface area (Å²) in [6.45, 7) is 4.70. The maximum absolute atomic E-state index is 12.1. The molecule has 0 aliphatic carbocycles. The molecule has 0 amide bonds. The molecule has 2 fully saturated rings. The van der Waals surface area contributed by atoms with E-state index in [0.29, 0.717) is 24.2 Å². The van der Waals surface area contributed by atoms with Crippen molar-refractivity contribution in [2.75, 3.05) is 30.3 Å². The van der Waals surface area contributed by atoms with Crippen LogP contribution < -0.4 is 10.2 Å². The molecule has 3 heterocycles. The molecule has 0 bridgehead atoms. The quantitative estimate of drug-likeness (QED) is 0.813. The zero-order chi connectivity index (χ0) is 14.2. The summed E-state index contributed by atoms with van der Waals surface area (Å²) in [5.74, 6) is 1.39. The van der Waals surface area contributed by atoms with E-state index in [1.54, 1.807) is 0 Å². The SMILES string of the molecule is CC1CN(c2n[nH]c(C3CCCCS3(=O)=O)n2)CCN1. The molecular formula is C12H21N5O2S. The van der Waals surface area contributed by atoms with Gasteiger partial charge in [0, 0.05) is 25.7 Å². The van der Waals surface area contributed by atoms with Crippen molar-refractivity contribution in [3.8, 4) is 0 Å². The zero-order valence-electron chi connectivity index (χ0n) is 11.7. The fourth-order valence-corrected chi connectivity index (χ4v) is 4.79.